The number of ether oxygens (including phenoxy) is 1. The largest absolute Gasteiger partial charge is 0.497 e. The second-order valence-electron chi connectivity index (χ2n) is 6.71. The van der Waals surface area contributed by atoms with Crippen molar-refractivity contribution in [1.29, 1.82) is 0 Å². The van der Waals surface area contributed by atoms with Crippen LogP contribution in [0.4, 0.5) is 10.5 Å². The highest BCUT2D eigenvalue weighted by atomic mass is 32.1. The molecule has 0 radical (unpaired) electrons. The molecule has 2 aromatic rings. The van der Waals surface area contributed by atoms with Crippen LogP contribution in [0.5, 0.6) is 5.75 Å². The van der Waals surface area contributed by atoms with Crippen LogP contribution < -0.4 is 15.4 Å². The number of aryl methyl sites for hydroxylation is 1. The molecule has 1 aliphatic heterocycles. The molecule has 1 fully saturated rings. The molecule has 0 aliphatic carbocycles. The van der Waals surface area contributed by atoms with E-state index in [9.17, 15) is 14.4 Å². The zero-order valence-corrected chi connectivity index (χ0v) is 17.3. The van der Waals surface area contributed by atoms with Gasteiger partial charge in [0.05, 0.1) is 18.5 Å². The fraction of sp³-hybridized carbons (Fsp3) is 0.350. The average molecular weight is 417 g/mol. The highest BCUT2D eigenvalue weighted by molar-refractivity contribution is 7.13. The second kappa shape index (κ2) is 9.53. The van der Waals surface area contributed by atoms with Crippen LogP contribution in [0.2, 0.25) is 0 Å². The lowest BCUT2D eigenvalue weighted by Gasteiger charge is -2.34. The molecule has 2 N–H and O–H groups in total. The van der Waals surface area contributed by atoms with Crippen molar-refractivity contribution in [2.24, 2.45) is 0 Å². The summed E-state index contributed by atoms with van der Waals surface area (Å²) in [7, 11) is 1.56. The Labute approximate surface area is 173 Å². The van der Waals surface area contributed by atoms with Gasteiger partial charge in [0.25, 0.3) is 5.91 Å². The van der Waals surface area contributed by atoms with Crippen LogP contribution >= 0.6 is 11.3 Å². The van der Waals surface area contributed by atoms with E-state index in [4.69, 9.17) is 4.74 Å². The molecular formula is C20H24N4O4S. The number of piperazine rings is 1. The average Bonchev–Trinajstić information content (AvgIpc) is 3.14. The third-order valence-corrected chi connectivity index (χ3v) is 5.57. The van der Waals surface area contributed by atoms with Crippen molar-refractivity contribution in [2.75, 3.05) is 45.2 Å². The summed E-state index contributed by atoms with van der Waals surface area (Å²) >= 11 is 1.49. The van der Waals surface area contributed by atoms with E-state index in [2.05, 4.69) is 10.6 Å². The van der Waals surface area contributed by atoms with Crippen LogP contribution in [-0.4, -0.2) is 67.5 Å². The van der Waals surface area contributed by atoms with Crippen LogP contribution in [0.1, 0.15) is 14.5 Å². The van der Waals surface area contributed by atoms with Gasteiger partial charge in [-0.1, -0.05) is 0 Å². The number of carbonyl (C=O) groups excluding carboxylic acids is 3. The molecule has 0 saturated carbocycles. The van der Waals surface area contributed by atoms with Gasteiger partial charge < -0.3 is 15.0 Å². The van der Waals surface area contributed by atoms with Gasteiger partial charge in [0.1, 0.15) is 5.75 Å². The molecule has 1 aromatic heterocycles. The van der Waals surface area contributed by atoms with E-state index in [1.165, 1.54) is 11.3 Å². The Hall–Kier alpha value is -2.91. The van der Waals surface area contributed by atoms with Gasteiger partial charge in [-0.3, -0.25) is 19.8 Å². The van der Waals surface area contributed by atoms with Gasteiger partial charge in [0, 0.05) is 36.7 Å². The number of carbonyl (C=O) groups is 3. The van der Waals surface area contributed by atoms with E-state index >= 15 is 0 Å². The van der Waals surface area contributed by atoms with Crippen LogP contribution in [0, 0.1) is 6.92 Å². The summed E-state index contributed by atoms with van der Waals surface area (Å²) in [5.74, 6) is 0.328. The van der Waals surface area contributed by atoms with Crippen LogP contribution in [0.3, 0.4) is 0 Å². The molecule has 29 heavy (non-hydrogen) atoms. The molecular weight excluding hydrogens is 392 g/mol. The molecule has 9 heteroatoms. The highest BCUT2D eigenvalue weighted by Crippen LogP contribution is 2.18. The monoisotopic (exact) mass is 416 g/mol. The summed E-state index contributed by atoms with van der Waals surface area (Å²) in [6.07, 6.45) is 0. The summed E-state index contributed by atoms with van der Waals surface area (Å²) in [4.78, 5) is 42.2. The second-order valence-corrected chi connectivity index (χ2v) is 8.00. The van der Waals surface area contributed by atoms with Gasteiger partial charge in [-0.25, -0.2) is 4.79 Å². The van der Waals surface area contributed by atoms with Crippen LogP contribution in [0.25, 0.3) is 0 Å². The third kappa shape index (κ3) is 5.78. The van der Waals surface area contributed by atoms with E-state index in [1.54, 1.807) is 36.3 Å². The summed E-state index contributed by atoms with van der Waals surface area (Å²) in [5, 5.41) is 4.93. The third-order valence-electron chi connectivity index (χ3n) is 4.58. The van der Waals surface area contributed by atoms with Gasteiger partial charge >= 0.3 is 6.03 Å². The number of methoxy groups -OCH3 is 1. The van der Waals surface area contributed by atoms with Crippen molar-refractivity contribution >= 4 is 34.9 Å². The van der Waals surface area contributed by atoms with Gasteiger partial charge in [-0.15, -0.1) is 11.3 Å². The van der Waals surface area contributed by atoms with Crippen molar-refractivity contribution in [2.45, 2.75) is 6.92 Å². The molecule has 1 aliphatic rings. The number of amides is 4. The van der Waals surface area contributed by atoms with Gasteiger partial charge in [-0.2, -0.15) is 0 Å². The first-order valence-corrected chi connectivity index (χ1v) is 10.1. The number of thiophene rings is 1. The molecule has 154 valence electrons. The van der Waals surface area contributed by atoms with Crippen molar-refractivity contribution < 1.29 is 19.1 Å². The number of urea groups is 1. The first-order valence-electron chi connectivity index (χ1n) is 9.27. The lowest BCUT2D eigenvalue weighted by molar-refractivity contribution is -0.121. The zero-order valence-electron chi connectivity index (χ0n) is 16.4. The topological polar surface area (TPSA) is 91.0 Å². The lowest BCUT2D eigenvalue weighted by atomic mass is 10.3. The molecule has 2 heterocycles. The Morgan fingerprint density at radius 1 is 1.03 bits per heavy atom. The zero-order chi connectivity index (χ0) is 20.8. The van der Waals surface area contributed by atoms with Gasteiger partial charge in [0.15, 0.2) is 0 Å². The number of hydrogen-bond donors (Lipinski definition) is 2. The molecule has 1 saturated heterocycles. The number of imide groups is 1. The summed E-state index contributed by atoms with van der Waals surface area (Å²) in [5.41, 5.74) is 0.562. The highest BCUT2D eigenvalue weighted by Gasteiger charge is 2.24. The van der Waals surface area contributed by atoms with Crippen LogP contribution in [-0.2, 0) is 4.79 Å². The maximum atomic E-state index is 12.5. The molecule has 0 bridgehead atoms. The predicted octanol–water partition coefficient (Wildman–Crippen LogP) is 2.17. The Kier molecular flexibility index (Phi) is 6.84. The minimum Gasteiger partial charge on any atom is -0.497 e. The summed E-state index contributed by atoms with van der Waals surface area (Å²) in [6.45, 7) is 4.37. The maximum absolute atomic E-state index is 12.5. The Morgan fingerprint density at radius 3 is 2.31 bits per heavy atom. The predicted molar refractivity (Wildman–Crippen MR) is 112 cm³/mol. The summed E-state index contributed by atoms with van der Waals surface area (Å²) in [6, 6.07) is 10.0. The van der Waals surface area contributed by atoms with Crippen molar-refractivity contribution in [3.05, 3.63) is 46.2 Å². The fourth-order valence-corrected chi connectivity index (χ4v) is 3.86. The van der Waals surface area contributed by atoms with E-state index in [0.29, 0.717) is 37.6 Å². The van der Waals surface area contributed by atoms with Gasteiger partial charge in [-0.05, 0) is 43.3 Å². The lowest BCUT2D eigenvalue weighted by Crippen LogP contribution is -2.51. The SMILES string of the molecule is COc1ccc(NC(=O)NC(=O)CN2CCN(C(=O)c3ccc(C)s3)CC2)cc1. The van der Waals surface area contributed by atoms with Crippen LogP contribution in [0.15, 0.2) is 36.4 Å². The normalized spacial score (nSPS) is 14.3. The fourth-order valence-electron chi connectivity index (χ4n) is 3.02. The smallest absolute Gasteiger partial charge is 0.325 e. The molecule has 0 unspecified atom stereocenters. The molecule has 3 rings (SSSR count). The number of nitrogens with zero attached hydrogens (tertiary/aromatic N) is 2. The van der Waals surface area contributed by atoms with Gasteiger partial charge in [0.2, 0.25) is 5.91 Å². The number of hydrogen-bond acceptors (Lipinski definition) is 6. The van der Waals surface area contributed by atoms with Crippen molar-refractivity contribution in [3.63, 3.8) is 0 Å². The Morgan fingerprint density at radius 2 is 1.72 bits per heavy atom. The van der Waals surface area contributed by atoms with E-state index in [1.807, 2.05) is 24.0 Å². The molecule has 1 aromatic carbocycles. The minimum absolute atomic E-state index is 0.0334. The quantitative estimate of drug-likeness (QED) is 0.780. The van der Waals surface area contributed by atoms with E-state index in [0.717, 1.165) is 9.75 Å². The first kappa shape index (κ1) is 20.8. The van der Waals surface area contributed by atoms with Crippen molar-refractivity contribution in [3.8, 4) is 5.75 Å². The Bertz CT molecular complexity index is 873. The van der Waals surface area contributed by atoms with Crippen molar-refractivity contribution in [1.82, 2.24) is 15.1 Å². The van der Waals surface area contributed by atoms with E-state index < -0.39 is 6.03 Å². The molecule has 0 atom stereocenters. The molecule has 0 spiro atoms. The number of benzene rings is 1. The number of anilines is 1. The van der Waals surface area contributed by atoms with E-state index in [-0.39, 0.29) is 18.4 Å². The molecule has 4 amide bonds. The number of rotatable bonds is 5. The molecule has 8 nitrogen and oxygen atoms in total. The maximum Gasteiger partial charge on any atom is 0.325 e. The first-order chi connectivity index (χ1) is 13.9. The number of nitrogens with one attached hydrogen (secondary N) is 2. The Balaban J connectivity index is 1.41. The standard InChI is InChI=1S/C20H24N4O4S/c1-14-3-8-17(29-14)19(26)24-11-9-23(10-12-24)13-18(25)22-20(27)21-15-4-6-16(28-2)7-5-15/h3-8H,9-13H2,1-2H3,(H2,21,22,25,27). The summed E-state index contributed by atoms with van der Waals surface area (Å²) < 4.78 is 5.06. The minimum atomic E-state index is -0.581.